The Morgan fingerprint density at radius 2 is 2.29 bits per heavy atom. The Morgan fingerprint density at radius 1 is 1.53 bits per heavy atom. The number of ether oxygens (including phenoxy) is 1. The third-order valence-electron chi connectivity index (χ3n) is 2.61. The monoisotopic (exact) mass is 347 g/mol. The van der Waals surface area contributed by atoms with E-state index in [1.54, 1.807) is 0 Å². The van der Waals surface area contributed by atoms with Crippen molar-refractivity contribution in [2.45, 2.75) is 19.4 Å². The van der Waals surface area contributed by atoms with Crippen molar-refractivity contribution in [1.29, 1.82) is 0 Å². The Bertz CT molecular complexity index is 395. The zero-order chi connectivity index (χ0) is 11.4. The van der Waals surface area contributed by atoms with E-state index in [0.29, 0.717) is 19.1 Å². The number of hydrogen-bond donors (Lipinski definition) is 2. The smallest absolute Gasteiger partial charge is 0.189 e. The highest BCUT2D eigenvalue weighted by Crippen LogP contribution is 2.31. The highest BCUT2D eigenvalue weighted by molar-refractivity contribution is 14.0. The van der Waals surface area contributed by atoms with Crippen LogP contribution in [0.2, 0.25) is 0 Å². The van der Waals surface area contributed by atoms with E-state index in [0.717, 1.165) is 17.7 Å². The van der Waals surface area contributed by atoms with Crippen LogP contribution >= 0.6 is 24.0 Å². The minimum atomic E-state index is 0. The first-order chi connectivity index (χ1) is 7.81. The molecule has 0 saturated heterocycles. The predicted octanol–water partition coefficient (Wildman–Crippen LogP) is 2.05. The van der Waals surface area contributed by atoms with Gasteiger partial charge in [-0.1, -0.05) is 18.2 Å². The number of hydrogen-bond acceptors (Lipinski definition) is 2. The zero-order valence-electron chi connectivity index (χ0n) is 9.85. The van der Waals surface area contributed by atoms with Crippen molar-refractivity contribution in [1.82, 2.24) is 5.32 Å². The molecule has 0 saturated carbocycles. The second-order valence-electron chi connectivity index (χ2n) is 3.73. The molecule has 1 aliphatic rings. The highest BCUT2D eigenvalue weighted by Gasteiger charge is 2.20. The molecule has 0 radical (unpaired) electrons. The quantitative estimate of drug-likeness (QED) is 0.489. The minimum Gasteiger partial charge on any atom is -0.493 e. The Hall–Kier alpha value is -0.980. The van der Waals surface area contributed by atoms with Crippen molar-refractivity contribution in [3.05, 3.63) is 29.8 Å². The molecule has 1 aliphatic heterocycles. The Labute approximate surface area is 119 Å². The average Bonchev–Trinajstić information content (AvgIpc) is 2.30. The van der Waals surface area contributed by atoms with E-state index >= 15 is 0 Å². The van der Waals surface area contributed by atoms with Crippen LogP contribution in [-0.2, 0) is 0 Å². The first kappa shape index (κ1) is 14.1. The molecule has 3 N–H and O–H groups in total. The van der Waals surface area contributed by atoms with Gasteiger partial charge in [-0.25, -0.2) is 0 Å². The summed E-state index contributed by atoms with van der Waals surface area (Å²) >= 11 is 0. The van der Waals surface area contributed by atoms with E-state index in [4.69, 9.17) is 10.5 Å². The lowest BCUT2D eigenvalue weighted by Gasteiger charge is -2.26. The van der Waals surface area contributed by atoms with Gasteiger partial charge in [-0.3, -0.25) is 4.99 Å². The molecular formula is C12H18IN3O. The first-order valence-corrected chi connectivity index (χ1v) is 5.59. The molecule has 0 aromatic heterocycles. The summed E-state index contributed by atoms with van der Waals surface area (Å²) in [6, 6.07) is 8.24. The number of nitrogens with one attached hydrogen (secondary N) is 1. The molecule has 1 aromatic rings. The molecule has 1 aromatic carbocycles. The predicted molar refractivity (Wildman–Crippen MR) is 80.0 cm³/mol. The van der Waals surface area contributed by atoms with Crippen molar-refractivity contribution < 1.29 is 4.74 Å². The van der Waals surface area contributed by atoms with E-state index < -0.39 is 0 Å². The topological polar surface area (TPSA) is 59.6 Å². The van der Waals surface area contributed by atoms with Gasteiger partial charge in [0.25, 0.3) is 0 Å². The fourth-order valence-electron chi connectivity index (χ4n) is 1.89. The maximum Gasteiger partial charge on any atom is 0.189 e. The SMILES string of the molecule is CCN=C(N)NC1CCOc2ccccc21.I. The summed E-state index contributed by atoms with van der Waals surface area (Å²) in [5, 5.41) is 3.22. The van der Waals surface area contributed by atoms with Gasteiger partial charge in [0.2, 0.25) is 0 Å². The van der Waals surface area contributed by atoms with E-state index in [2.05, 4.69) is 16.4 Å². The molecule has 5 heteroatoms. The van der Waals surface area contributed by atoms with E-state index in [1.165, 1.54) is 0 Å². The lowest BCUT2D eigenvalue weighted by Crippen LogP contribution is -2.37. The van der Waals surface area contributed by atoms with Crippen LogP contribution in [0, 0.1) is 0 Å². The number of aliphatic imine (C=N–C) groups is 1. The fourth-order valence-corrected chi connectivity index (χ4v) is 1.89. The number of guanidine groups is 1. The molecule has 1 atom stereocenters. The Morgan fingerprint density at radius 3 is 3.06 bits per heavy atom. The van der Waals surface area contributed by atoms with Gasteiger partial charge in [-0.05, 0) is 13.0 Å². The number of halogens is 1. The fraction of sp³-hybridized carbons (Fsp3) is 0.417. The number of nitrogens with two attached hydrogens (primary N) is 1. The lowest BCUT2D eigenvalue weighted by atomic mass is 10.0. The first-order valence-electron chi connectivity index (χ1n) is 5.59. The molecule has 0 amide bonds. The molecule has 0 spiro atoms. The van der Waals surface area contributed by atoms with Crippen molar-refractivity contribution in [2.24, 2.45) is 10.7 Å². The van der Waals surface area contributed by atoms with Gasteiger partial charge in [0.05, 0.1) is 12.6 Å². The molecule has 0 aliphatic carbocycles. The van der Waals surface area contributed by atoms with Crippen LogP contribution in [0.15, 0.2) is 29.3 Å². The van der Waals surface area contributed by atoms with Crippen molar-refractivity contribution in [3.8, 4) is 5.75 Å². The van der Waals surface area contributed by atoms with Crippen molar-refractivity contribution in [3.63, 3.8) is 0 Å². The molecule has 1 heterocycles. The second kappa shape index (κ2) is 6.68. The van der Waals surface area contributed by atoms with E-state index in [1.807, 2.05) is 25.1 Å². The minimum absolute atomic E-state index is 0. The number of benzene rings is 1. The average molecular weight is 347 g/mol. The second-order valence-corrected chi connectivity index (χ2v) is 3.73. The largest absolute Gasteiger partial charge is 0.493 e. The van der Waals surface area contributed by atoms with Gasteiger partial charge < -0.3 is 15.8 Å². The third kappa shape index (κ3) is 3.49. The van der Waals surface area contributed by atoms with Gasteiger partial charge in [0, 0.05) is 18.5 Å². The van der Waals surface area contributed by atoms with Crippen LogP contribution in [0.3, 0.4) is 0 Å². The summed E-state index contributed by atoms with van der Waals surface area (Å²) in [4.78, 5) is 4.13. The lowest BCUT2D eigenvalue weighted by molar-refractivity contribution is 0.262. The van der Waals surface area contributed by atoms with Gasteiger partial charge >= 0.3 is 0 Å². The van der Waals surface area contributed by atoms with Gasteiger partial charge in [-0.2, -0.15) is 0 Å². The number of fused-ring (bicyclic) bond motifs is 1. The number of rotatable bonds is 2. The molecular weight excluding hydrogens is 329 g/mol. The van der Waals surface area contributed by atoms with Gasteiger partial charge in [0.15, 0.2) is 5.96 Å². The van der Waals surface area contributed by atoms with Crippen LogP contribution < -0.4 is 15.8 Å². The number of para-hydroxylation sites is 1. The van der Waals surface area contributed by atoms with Crippen LogP contribution in [0.1, 0.15) is 24.9 Å². The van der Waals surface area contributed by atoms with Crippen molar-refractivity contribution >= 4 is 29.9 Å². The molecule has 1 unspecified atom stereocenters. The van der Waals surface area contributed by atoms with Gasteiger partial charge in [-0.15, -0.1) is 24.0 Å². The highest BCUT2D eigenvalue weighted by atomic mass is 127. The Balaban J connectivity index is 0.00000144. The summed E-state index contributed by atoms with van der Waals surface area (Å²) in [5.74, 6) is 1.44. The zero-order valence-corrected chi connectivity index (χ0v) is 12.2. The molecule has 4 nitrogen and oxygen atoms in total. The maximum atomic E-state index is 5.77. The standard InChI is InChI=1S/C12H17N3O.HI/c1-2-14-12(13)15-10-7-8-16-11-6-4-3-5-9(10)11;/h3-6,10H,2,7-8H2,1H3,(H3,13,14,15);1H. The van der Waals surface area contributed by atoms with E-state index in [9.17, 15) is 0 Å². The van der Waals surface area contributed by atoms with E-state index in [-0.39, 0.29) is 30.0 Å². The summed E-state index contributed by atoms with van der Waals surface area (Å²) in [6.07, 6.45) is 0.914. The Kier molecular flexibility index (Phi) is 5.54. The normalized spacial score (nSPS) is 18.6. The maximum absolute atomic E-state index is 5.77. The van der Waals surface area contributed by atoms with Crippen LogP contribution in [0.4, 0.5) is 0 Å². The summed E-state index contributed by atoms with van der Waals surface area (Å²) in [7, 11) is 0. The molecule has 0 bridgehead atoms. The molecule has 2 rings (SSSR count). The summed E-state index contributed by atoms with van der Waals surface area (Å²) in [6.45, 7) is 3.38. The summed E-state index contributed by atoms with van der Waals surface area (Å²) < 4.78 is 5.57. The molecule has 0 fully saturated rings. The number of nitrogens with zero attached hydrogens (tertiary/aromatic N) is 1. The molecule has 94 valence electrons. The van der Waals surface area contributed by atoms with Crippen LogP contribution in [0.5, 0.6) is 5.75 Å². The van der Waals surface area contributed by atoms with Crippen LogP contribution in [0.25, 0.3) is 0 Å². The summed E-state index contributed by atoms with van der Waals surface area (Å²) in [5.41, 5.74) is 6.93. The molecule has 17 heavy (non-hydrogen) atoms. The van der Waals surface area contributed by atoms with Crippen LogP contribution in [-0.4, -0.2) is 19.1 Å². The van der Waals surface area contributed by atoms with Gasteiger partial charge in [0.1, 0.15) is 5.75 Å². The van der Waals surface area contributed by atoms with Crippen molar-refractivity contribution in [2.75, 3.05) is 13.2 Å². The third-order valence-corrected chi connectivity index (χ3v) is 2.61.